The van der Waals surface area contributed by atoms with E-state index in [1.54, 1.807) is 36.6 Å². The number of nitrogens with one attached hydrogen (secondary N) is 1. The number of furan rings is 2. The molecule has 126 valence electrons. The number of rotatable bonds is 5. The van der Waals surface area contributed by atoms with Crippen molar-refractivity contribution < 1.29 is 18.4 Å². The van der Waals surface area contributed by atoms with Gasteiger partial charge in [0.1, 0.15) is 5.76 Å². The first-order valence-electron chi connectivity index (χ1n) is 8.04. The van der Waals surface area contributed by atoms with E-state index in [0.717, 1.165) is 12.8 Å². The number of carbonyl (C=O) groups excluding carboxylic acids is 2. The minimum atomic E-state index is -0.195. The molecule has 1 aliphatic heterocycles. The summed E-state index contributed by atoms with van der Waals surface area (Å²) in [5.74, 6) is 1.16. The Morgan fingerprint density at radius 2 is 1.92 bits per heavy atom. The van der Waals surface area contributed by atoms with Gasteiger partial charge >= 0.3 is 0 Å². The van der Waals surface area contributed by atoms with E-state index >= 15 is 0 Å². The average Bonchev–Trinajstić information content (AvgIpc) is 3.31. The molecule has 1 saturated heterocycles. The normalized spacial score (nSPS) is 15.8. The Bertz CT molecular complexity index is 681. The number of carbonyl (C=O) groups is 2. The Balaban J connectivity index is 1.40. The Morgan fingerprint density at radius 1 is 1.17 bits per heavy atom. The maximum Gasteiger partial charge on any atom is 0.286 e. The van der Waals surface area contributed by atoms with Crippen molar-refractivity contribution in [2.45, 2.75) is 12.8 Å². The first-order chi connectivity index (χ1) is 11.7. The molecule has 1 aliphatic rings. The molecule has 0 bridgehead atoms. The highest BCUT2D eigenvalue weighted by Crippen LogP contribution is 2.17. The third-order valence-electron chi connectivity index (χ3n) is 4.16. The Kier molecular flexibility index (Phi) is 5.15. The summed E-state index contributed by atoms with van der Waals surface area (Å²) in [5.41, 5.74) is 0. The van der Waals surface area contributed by atoms with E-state index in [1.807, 2.05) is 4.90 Å². The van der Waals surface area contributed by atoms with Crippen LogP contribution in [-0.2, 0) is 4.79 Å². The number of nitrogens with zero attached hydrogens (tertiary/aromatic N) is 1. The maximum atomic E-state index is 12.1. The monoisotopic (exact) mass is 328 g/mol. The van der Waals surface area contributed by atoms with E-state index in [2.05, 4.69) is 5.32 Å². The maximum absolute atomic E-state index is 12.1. The van der Waals surface area contributed by atoms with E-state index in [9.17, 15) is 9.59 Å². The van der Waals surface area contributed by atoms with Crippen molar-refractivity contribution in [1.82, 2.24) is 10.2 Å². The van der Waals surface area contributed by atoms with Crippen LogP contribution in [0.5, 0.6) is 0 Å². The Morgan fingerprint density at radius 3 is 2.58 bits per heavy atom. The zero-order valence-electron chi connectivity index (χ0n) is 13.3. The van der Waals surface area contributed by atoms with Gasteiger partial charge < -0.3 is 19.1 Å². The zero-order valence-corrected chi connectivity index (χ0v) is 13.3. The Hall–Kier alpha value is -2.76. The molecule has 2 aromatic heterocycles. The van der Waals surface area contributed by atoms with Crippen molar-refractivity contribution in [1.29, 1.82) is 0 Å². The lowest BCUT2D eigenvalue weighted by atomic mass is 9.96. The highest BCUT2D eigenvalue weighted by atomic mass is 16.3. The molecule has 24 heavy (non-hydrogen) atoms. The van der Waals surface area contributed by atoms with E-state index in [1.165, 1.54) is 12.3 Å². The van der Waals surface area contributed by atoms with Crippen molar-refractivity contribution in [2.75, 3.05) is 19.6 Å². The molecule has 0 unspecified atom stereocenters. The summed E-state index contributed by atoms with van der Waals surface area (Å²) in [4.78, 5) is 25.8. The van der Waals surface area contributed by atoms with Gasteiger partial charge in [-0.3, -0.25) is 9.59 Å². The van der Waals surface area contributed by atoms with Gasteiger partial charge in [0, 0.05) is 25.7 Å². The van der Waals surface area contributed by atoms with Crippen molar-refractivity contribution in [3.8, 4) is 0 Å². The first kappa shape index (κ1) is 16.1. The van der Waals surface area contributed by atoms with E-state index in [4.69, 9.17) is 8.83 Å². The van der Waals surface area contributed by atoms with Crippen LogP contribution >= 0.6 is 0 Å². The third kappa shape index (κ3) is 4.16. The second-order valence-corrected chi connectivity index (χ2v) is 5.80. The van der Waals surface area contributed by atoms with Gasteiger partial charge in [0.15, 0.2) is 5.76 Å². The smallest absolute Gasteiger partial charge is 0.286 e. The number of hydrogen-bond acceptors (Lipinski definition) is 4. The summed E-state index contributed by atoms with van der Waals surface area (Å²) in [6.07, 6.45) is 8.02. The SMILES string of the molecule is O=C(NCC1CCN(C(=O)/C=C/c2ccco2)CC1)c1ccco1. The quantitative estimate of drug-likeness (QED) is 0.856. The molecule has 0 aliphatic carbocycles. The van der Waals surface area contributed by atoms with E-state index in [0.29, 0.717) is 37.1 Å². The fourth-order valence-electron chi connectivity index (χ4n) is 2.73. The van der Waals surface area contributed by atoms with Crippen LogP contribution in [0.2, 0.25) is 0 Å². The predicted molar refractivity (Wildman–Crippen MR) is 88.1 cm³/mol. The molecule has 0 radical (unpaired) electrons. The van der Waals surface area contributed by atoms with Crippen LogP contribution < -0.4 is 5.32 Å². The van der Waals surface area contributed by atoms with Crippen LogP contribution in [0.4, 0.5) is 0 Å². The molecule has 0 saturated carbocycles. The number of likely N-dealkylation sites (tertiary alicyclic amines) is 1. The summed E-state index contributed by atoms with van der Waals surface area (Å²) >= 11 is 0. The van der Waals surface area contributed by atoms with Gasteiger partial charge in [0.05, 0.1) is 12.5 Å². The molecular weight excluding hydrogens is 308 g/mol. The van der Waals surface area contributed by atoms with Crippen molar-refractivity contribution in [3.05, 3.63) is 54.4 Å². The van der Waals surface area contributed by atoms with E-state index in [-0.39, 0.29) is 11.8 Å². The van der Waals surface area contributed by atoms with Gasteiger partial charge in [-0.15, -0.1) is 0 Å². The van der Waals surface area contributed by atoms with Gasteiger partial charge in [0.2, 0.25) is 5.91 Å². The van der Waals surface area contributed by atoms with Crippen LogP contribution in [0.1, 0.15) is 29.2 Å². The molecule has 2 amide bonds. The molecule has 2 aromatic rings. The molecule has 0 atom stereocenters. The highest BCUT2D eigenvalue weighted by Gasteiger charge is 2.22. The Labute approximate surface area is 140 Å². The minimum absolute atomic E-state index is 0.00975. The predicted octanol–water partition coefficient (Wildman–Crippen LogP) is 2.55. The summed E-state index contributed by atoms with van der Waals surface area (Å²) in [7, 11) is 0. The molecule has 3 rings (SSSR count). The van der Waals surface area contributed by atoms with Gasteiger partial charge in [-0.25, -0.2) is 0 Å². The van der Waals surface area contributed by atoms with Gasteiger partial charge in [-0.1, -0.05) is 0 Å². The van der Waals surface area contributed by atoms with Gasteiger partial charge in [-0.2, -0.15) is 0 Å². The standard InChI is InChI=1S/C18H20N2O4/c21-17(6-5-15-3-1-11-23-15)20-9-7-14(8-10-20)13-19-18(22)16-4-2-12-24-16/h1-6,11-12,14H,7-10,13H2,(H,19,22)/b6-5+. The summed E-state index contributed by atoms with van der Waals surface area (Å²) in [5, 5.41) is 2.88. The highest BCUT2D eigenvalue weighted by molar-refractivity contribution is 5.92. The second kappa shape index (κ2) is 7.68. The van der Waals surface area contributed by atoms with Gasteiger partial charge in [-0.05, 0) is 49.1 Å². The van der Waals surface area contributed by atoms with Crippen LogP contribution in [0.15, 0.2) is 51.7 Å². The molecule has 3 heterocycles. The lowest BCUT2D eigenvalue weighted by Crippen LogP contribution is -2.40. The lowest BCUT2D eigenvalue weighted by molar-refractivity contribution is -0.127. The van der Waals surface area contributed by atoms with E-state index < -0.39 is 0 Å². The zero-order chi connectivity index (χ0) is 16.8. The number of piperidine rings is 1. The summed E-state index contributed by atoms with van der Waals surface area (Å²) in [6, 6.07) is 6.92. The van der Waals surface area contributed by atoms with Crippen LogP contribution in [0, 0.1) is 5.92 Å². The fraction of sp³-hybridized carbons (Fsp3) is 0.333. The molecule has 6 heteroatoms. The third-order valence-corrected chi connectivity index (χ3v) is 4.16. The van der Waals surface area contributed by atoms with Crippen molar-refractivity contribution in [3.63, 3.8) is 0 Å². The molecule has 0 spiro atoms. The molecule has 1 fully saturated rings. The molecular formula is C18H20N2O4. The van der Waals surface area contributed by atoms with Crippen LogP contribution in [0.3, 0.4) is 0 Å². The summed E-state index contributed by atoms with van der Waals surface area (Å²) < 4.78 is 10.2. The molecule has 1 N–H and O–H groups in total. The second-order valence-electron chi connectivity index (χ2n) is 5.80. The largest absolute Gasteiger partial charge is 0.465 e. The van der Waals surface area contributed by atoms with Gasteiger partial charge in [0.25, 0.3) is 5.91 Å². The average molecular weight is 328 g/mol. The molecule has 6 nitrogen and oxygen atoms in total. The first-order valence-corrected chi connectivity index (χ1v) is 8.04. The van der Waals surface area contributed by atoms with Crippen molar-refractivity contribution in [2.24, 2.45) is 5.92 Å². The fourth-order valence-corrected chi connectivity index (χ4v) is 2.73. The van der Waals surface area contributed by atoms with Crippen LogP contribution in [-0.4, -0.2) is 36.3 Å². The molecule has 0 aromatic carbocycles. The number of hydrogen-bond donors (Lipinski definition) is 1. The lowest BCUT2D eigenvalue weighted by Gasteiger charge is -2.31. The topological polar surface area (TPSA) is 75.7 Å². The van der Waals surface area contributed by atoms with Crippen LogP contribution in [0.25, 0.3) is 6.08 Å². The summed E-state index contributed by atoms with van der Waals surface area (Å²) in [6.45, 7) is 2.00. The minimum Gasteiger partial charge on any atom is -0.465 e. The van der Waals surface area contributed by atoms with Crippen molar-refractivity contribution >= 4 is 17.9 Å². The number of amides is 2.